The van der Waals surface area contributed by atoms with Gasteiger partial charge >= 0.3 is 5.69 Å². The highest BCUT2D eigenvalue weighted by Gasteiger charge is 2.26. The summed E-state index contributed by atoms with van der Waals surface area (Å²) < 4.78 is 0. The second-order valence-corrected chi connectivity index (χ2v) is 5.00. The number of rotatable bonds is 8. The first kappa shape index (κ1) is 16.2. The van der Waals surface area contributed by atoms with Gasteiger partial charge in [-0.05, 0) is 38.8 Å². The van der Waals surface area contributed by atoms with Crippen LogP contribution in [-0.2, 0) is 0 Å². The molecule has 0 bridgehead atoms. The third-order valence-corrected chi connectivity index (χ3v) is 3.47. The monoisotopic (exact) mass is 281 g/mol. The quantitative estimate of drug-likeness (QED) is 0.503. The van der Waals surface area contributed by atoms with Gasteiger partial charge in [0, 0.05) is 18.7 Å². The Labute approximate surface area is 119 Å². The van der Waals surface area contributed by atoms with E-state index in [0.717, 1.165) is 6.42 Å². The van der Waals surface area contributed by atoms with Crippen LogP contribution in [0.4, 0.5) is 17.1 Å². The van der Waals surface area contributed by atoms with E-state index in [2.05, 4.69) is 10.6 Å². The molecule has 1 atom stereocenters. The van der Waals surface area contributed by atoms with Crippen molar-refractivity contribution in [2.24, 2.45) is 0 Å². The molecule has 0 fully saturated rings. The van der Waals surface area contributed by atoms with Crippen LogP contribution in [0.5, 0.6) is 0 Å². The maximum Gasteiger partial charge on any atom is 0.315 e. The third-order valence-electron chi connectivity index (χ3n) is 3.47. The summed E-state index contributed by atoms with van der Waals surface area (Å²) in [6.07, 6.45) is 1.29. The fraction of sp³-hybridized carbons (Fsp3) is 0.571. The number of para-hydroxylation sites is 1. The van der Waals surface area contributed by atoms with Crippen LogP contribution in [0.3, 0.4) is 0 Å². The Hall–Kier alpha value is -1.82. The number of benzene rings is 1. The zero-order chi connectivity index (χ0) is 15.2. The van der Waals surface area contributed by atoms with Crippen molar-refractivity contribution in [1.29, 1.82) is 0 Å². The van der Waals surface area contributed by atoms with Gasteiger partial charge in [-0.2, -0.15) is 0 Å². The summed E-state index contributed by atoms with van der Waals surface area (Å²) >= 11 is 0. The minimum atomic E-state index is -0.380. The van der Waals surface area contributed by atoms with Crippen LogP contribution in [0.2, 0.25) is 0 Å². The lowest BCUT2D eigenvalue weighted by molar-refractivity contribution is -0.383. The predicted octanol–water partition coefficient (Wildman–Crippen LogP) is 2.99. The maximum atomic E-state index is 11.3. The Kier molecular flexibility index (Phi) is 5.76. The fourth-order valence-corrected chi connectivity index (χ4v) is 2.07. The molecule has 1 aromatic carbocycles. The molecule has 0 heterocycles. The van der Waals surface area contributed by atoms with Gasteiger partial charge < -0.3 is 15.7 Å². The van der Waals surface area contributed by atoms with Gasteiger partial charge in [-0.1, -0.05) is 13.0 Å². The average molecular weight is 281 g/mol. The molecule has 1 aromatic rings. The zero-order valence-corrected chi connectivity index (χ0v) is 12.3. The molecule has 0 aliphatic carbocycles. The Morgan fingerprint density at radius 2 is 2.00 bits per heavy atom. The molecule has 0 aliphatic rings. The Balaban J connectivity index is 3.17. The van der Waals surface area contributed by atoms with E-state index in [1.54, 1.807) is 18.2 Å². The van der Waals surface area contributed by atoms with Gasteiger partial charge in [0.2, 0.25) is 0 Å². The van der Waals surface area contributed by atoms with Gasteiger partial charge in [-0.25, -0.2) is 0 Å². The van der Waals surface area contributed by atoms with E-state index in [4.69, 9.17) is 5.11 Å². The second kappa shape index (κ2) is 7.09. The van der Waals surface area contributed by atoms with Crippen LogP contribution in [0.1, 0.15) is 33.6 Å². The van der Waals surface area contributed by atoms with Crippen LogP contribution in [-0.4, -0.2) is 28.7 Å². The van der Waals surface area contributed by atoms with E-state index >= 15 is 0 Å². The highest BCUT2D eigenvalue weighted by molar-refractivity contribution is 5.76. The van der Waals surface area contributed by atoms with Crippen LogP contribution in [0.15, 0.2) is 18.2 Å². The minimum absolute atomic E-state index is 0.0397. The number of aliphatic hydroxyl groups is 1. The number of nitro benzene ring substituents is 1. The smallest absolute Gasteiger partial charge is 0.315 e. The Morgan fingerprint density at radius 3 is 2.50 bits per heavy atom. The van der Waals surface area contributed by atoms with E-state index in [-0.39, 0.29) is 22.8 Å². The maximum absolute atomic E-state index is 11.3. The van der Waals surface area contributed by atoms with Crippen molar-refractivity contribution in [1.82, 2.24) is 0 Å². The summed E-state index contributed by atoms with van der Waals surface area (Å²) in [5.41, 5.74) is 0.660. The molecule has 0 aliphatic heterocycles. The first-order chi connectivity index (χ1) is 9.47. The Morgan fingerprint density at radius 1 is 1.35 bits per heavy atom. The zero-order valence-electron chi connectivity index (χ0n) is 12.3. The topological polar surface area (TPSA) is 87.4 Å². The second-order valence-electron chi connectivity index (χ2n) is 5.00. The van der Waals surface area contributed by atoms with Crippen LogP contribution >= 0.6 is 0 Å². The summed E-state index contributed by atoms with van der Waals surface area (Å²) in [7, 11) is 0. The molecule has 3 N–H and O–H groups in total. The van der Waals surface area contributed by atoms with Gasteiger partial charge in [-0.3, -0.25) is 10.1 Å². The van der Waals surface area contributed by atoms with Gasteiger partial charge in [0.15, 0.2) is 0 Å². The van der Waals surface area contributed by atoms with Crippen molar-refractivity contribution < 1.29 is 10.0 Å². The van der Waals surface area contributed by atoms with Crippen molar-refractivity contribution in [3.8, 4) is 0 Å². The first-order valence-electron chi connectivity index (χ1n) is 6.87. The van der Waals surface area contributed by atoms with E-state index in [1.807, 2.05) is 20.8 Å². The number of nitrogens with zero attached hydrogens (tertiary/aromatic N) is 1. The number of hydrogen-bond acceptors (Lipinski definition) is 5. The van der Waals surface area contributed by atoms with Crippen molar-refractivity contribution in [3.05, 3.63) is 28.3 Å². The molecule has 1 rings (SSSR count). The molecule has 6 heteroatoms. The van der Waals surface area contributed by atoms with Gasteiger partial charge in [-0.15, -0.1) is 0 Å². The van der Waals surface area contributed by atoms with Gasteiger partial charge in [0.1, 0.15) is 11.4 Å². The van der Waals surface area contributed by atoms with Gasteiger partial charge in [0.25, 0.3) is 0 Å². The molecule has 0 radical (unpaired) electrons. The number of nitro groups is 1. The molecule has 0 aromatic heterocycles. The molecular formula is C14H23N3O3. The summed E-state index contributed by atoms with van der Waals surface area (Å²) in [6.45, 7) is 6.49. The van der Waals surface area contributed by atoms with Crippen molar-refractivity contribution >= 4 is 17.1 Å². The molecule has 0 saturated heterocycles. The lowest BCUT2D eigenvalue weighted by Crippen LogP contribution is -2.35. The minimum Gasteiger partial charge on any atom is -0.396 e. The number of nitrogens with one attached hydrogen (secondary N) is 2. The summed E-state index contributed by atoms with van der Waals surface area (Å²) in [6, 6.07) is 5.18. The largest absolute Gasteiger partial charge is 0.396 e. The van der Waals surface area contributed by atoms with E-state index < -0.39 is 0 Å². The van der Waals surface area contributed by atoms with E-state index in [9.17, 15) is 10.1 Å². The molecule has 6 nitrogen and oxygen atoms in total. The lowest BCUT2D eigenvalue weighted by atomic mass is 9.94. The summed E-state index contributed by atoms with van der Waals surface area (Å²) in [5, 5.41) is 26.7. The van der Waals surface area contributed by atoms with Crippen LogP contribution in [0, 0.1) is 10.1 Å². The van der Waals surface area contributed by atoms with Crippen molar-refractivity contribution in [3.63, 3.8) is 0 Å². The first-order valence-corrected chi connectivity index (χ1v) is 6.87. The fourth-order valence-electron chi connectivity index (χ4n) is 2.07. The van der Waals surface area contributed by atoms with Crippen molar-refractivity contribution in [2.75, 3.05) is 23.8 Å². The summed E-state index contributed by atoms with van der Waals surface area (Å²) in [4.78, 5) is 10.9. The number of aliphatic hydroxyl groups excluding tert-OH is 1. The number of anilines is 2. The highest BCUT2D eigenvalue weighted by atomic mass is 16.6. The molecule has 112 valence electrons. The molecule has 0 saturated carbocycles. The number of hydrogen-bond donors (Lipinski definition) is 3. The predicted molar refractivity (Wildman–Crippen MR) is 81.3 cm³/mol. The molecule has 0 amide bonds. The summed E-state index contributed by atoms with van der Waals surface area (Å²) in [5.74, 6) is 0. The van der Waals surface area contributed by atoms with Crippen LogP contribution in [0.25, 0.3) is 0 Å². The van der Waals surface area contributed by atoms with Gasteiger partial charge in [0.05, 0.1) is 4.92 Å². The standard InChI is InChI=1S/C14H23N3O3/c1-4-14(3,9-10-18)16-12-8-6-7-11(15-5-2)13(12)17(19)20/h6-8,15-16,18H,4-5,9-10H2,1-3H3. The third kappa shape index (κ3) is 3.84. The van der Waals surface area contributed by atoms with Crippen molar-refractivity contribution in [2.45, 2.75) is 39.2 Å². The normalized spacial score (nSPS) is 13.6. The van der Waals surface area contributed by atoms with Crippen LogP contribution < -0.4 is 10.6 Å². The molecular weight excluding hydrogens is 258 g/mol. The SMILES string of the molecule is CCNc1cccc(NC(C)(CC)CCO)c1[N+](=O)[O-]. The molecule has 1 unspecified atom stereocenters. The van der Waals surface area contributed by atoms with E-state index in [1.165, 1.54) is 0 Å². The highest BCUT2D eigenvalue weighted by Crippen LogP contribution is 2.35. The Bertz CT molecular complexity index is 465. The molecule has 20 heavy (non-hydrogen) atoms. The average Bonchev–Trinajstić information content (AvgIpc) is 2.39. The molecule has 0 spiro atoms. The lowest BCUT2D eigenvalue weighted by Gasteiger charge is -2.30. The van der Waals surface area contributed by atoms with E-state index in [0.29, 0.717) is 24.3 Å².